The van der Waals surface area contributed by atoms with Crippen molar-refractivity contribution >= 4 is 16.8 Å². The first-order valence-electron chi connectivity index (χ1n) is 11.3. The Bertz CT molecular complexity index is 1250. The lowest BCUT2D eigenvalue weighted by Gasteiger charge is -2.22. The number of hydrogen-bond donors (Lipinski definition) is 1. The van der Waals surface area contributed by atoms with E-state index >= 15 is 0 Å². The highest BCUT2D eigenvalue weighted by molar-refractivity contribution is 5.96. The number of aromatic nitrogens is 3. The predicted molar refractivity (Wildman–Crippen MR) is 127 cm³/mol. The van der Waals surface area contributed by atoms with E-state index in [-0.39, 0.29) is 11.7 Å². The molecule has 0 radical (unpaired) electrons. The number of hydrogen-bond acceptors (Lipinski definition) is 5. The predicted octanol–water partition coefficient (Wildman–Crippen LogP) is 3.53. The second kappa shape index (κ2) is 9.42. The fourth-order valence-corrected chi connectivity index (χ4v) is 4.36. The normalized spacial score (nSPS) is 15.0. The molecule has 168 valence electrons. The smallest absolute Gasteiger partial charge is 0.272 e. The summed E-state index contributed by atoms with van der Waals surface area (Å²) in [7, 11) is 0. The number of fused-ring (bicyclic) bond motifs is 1. The standard InChI is InChI=1S/C26H27N5O2/c32-23-9-4-8-21-10-11-22(28-25(21)23)26(33)30-14-5-13-29(16-17-30)19-24-27-12-15-31(24)18-20-6-2-1-3-7-20/h1-4,6-12,15,32H,5,13-14,16-19H2. The van der Waals surface area contributed by atoms with Crippen LogP contribution in [0.1, 0.15) is 28.3 Å². The summed E-state index contributed by atoms with van der Waals surface area (Å²) in [6.07, 6.45) is 4.77. The number of aromatic hydroxyl groups is 1. The topological polar surface area (TPSA) is 74.5 Å². The van der Waals surface area contributed by atoms with Crippen LogP contribution in [0, 0.1) is 0 Å². The van der Waals surface area contributed by atoms with Crippen LogP contribution < -0.4 is 0 Å². The van der Waals surface area contributed by atoms with Crippen LogP contribution in [-0.4, -0.2) is 61.5 Å². The third-order valence-corrected chi connectivity index (χ3v) is 6.16. The van der Waals surface area contributed by atoms with E-state index < -0.39 is 0 Å². The summed E-state index contributed by atoms with van der Waals surface area (Å²) in [5.41, 5.74) is 2.08. The van der Waals surface area contributed by atoms with Crippen LogP contribution in [0.25, 0.3) is 10.9 Å². The van der Waals surface area contributed by atoms with Crippen molar-refractivity contribution in [1.29, 1.82) is 0 Å². The van der Waals surface area contributed by atoms with Gasteiger partial charge in [0.1, 0.15) is 22.8 Å². The van der Waals surface area contributed by atoms with Gasteiger partial charge >= 0.3 is 0 Å². The summed E-state index contributed by atoms with van der Waals surface area (Å²) < 4.78 is 2.19. The van der Waals surface area contributed by atoms with Crippen LogP contribution in [0.3, 0.4) is 0 Å². The quantitative estimate of drug-likeness (QED) is 0.513. The molecular weight excluding hydrogens is 414 g/mol. The highest BCUT2D eigenvalue weighted by Gasteiger charge is 2.22. The molecule has 7 heteroatoms. The van der Waals surface area contributed by atoms with Crippen molar-refractivity contribution < 1.29 is 9.90 Å². The Morgan fingerprint density at radius 3 is 2.67 bits per heavy atom. The van der Waals surface area contributed by atoms with E-state index in [2.05, 4.69) is 43.7 Å². The van der Waals surface area contributed by atoms with Gasteiger partial charge in [0.15, 0.2) is 0 Å². The van der Waals surface area contributed by atoms with E-state index in [9.17, 15) is 9.90 Å². The molecule has 7 nitrogen and oxygen atoms in total. The molecule has 0 saturated carbocycles. The van der Waals surface area contributed by atoms with Crippen molar-refractivity contribution in [2.24, 2.45) is 0 Å². The molecule has 1 amide bonds. The summed E-state index contributed by atoms with van der Waals surface area (Å²) in [6.45, 7) is 4.57. The Hall–Kier alpha value is -3.71. The lowest BCUT2D eigenvalue weighted by atomic mass is 10.2. The third kappa shape index (κ3) is 4.73. The van der Waals surface area contributed by atoms with Gasteiger partial charge in [0.25, 0.3) is 5.91 Å². The van der Waals surface area contributed by atoms with E-state index in [1.807, 2.05) is 35.5 Å². The van der Waals surface area contributed by atoms with Crippen LogP contribution in [0.4, 0.5) is 0 Å². The maximum Gasteiger partial charge on any atom is 0.272 e. The molecule has 0 spiro atoms. The number of benzene rings is 2. The van der Waals surface area contributed by atoms with E-state index in [1.54, 1.807) is 18.2 Å². The molecule has 0 aliphatic carbocycles. The Balaban J connectivity index is 1.24. The average Bonchev–Trinajstić information content (AvgIpc) is 3.13. The molecule has 4 aromatic rings. The van der Waals surface area contributed by atoms with Gasteiger partial charge in [-0.3, -0.25) is 9.69 Å². The molecule has 1 fully saturated rings. The van der Waals surface area contributed by atoms with E-state index in [4.69, 9.17) is 0 Å². The van der Waals surface area contributed by atoms with Crippen molar-refractivity contribution in [1.82, 2.24) is 24.3 Å². The zero-order valence-corrected chi connectivity index (χ0v) is 18.5. The molecule has 2 aromatic heterocycles. The summed E-state index contributed by atoms with van der Waals surface area (Å²) in [4.78, 5) is 26.4. The van der Waals surface area contributed by atoms with Gasteiger partial charge in [-0.1, -0.05) is 48.5 Å². The largest absolute Gasteiger partial charge is 0.506 e. The number of amides is 1. The van der Waals surface area contributed by atoms with Crippen molar-refractivity contribution in [3.05, 3.63) is 90.1 Å². The molecule has 1 saturated heterocycles. The second-order valence-corrected chi connectivity index (χ2v) is 8.42. The maximum atomic E-state index is 13.1. The van der Waals surface area contributed by atoms with Crippen molar-refractivity contribution in [2.45, 2.75) is 19.5 Å². The summed E-state index contributed by atoms with van der Waals surface area (Å²) in [6, 6.07) is 19.2. The lowest BCUT2D eigenvalue weighted by molar-refractivity contribution is 0.0755. The van der Waals surface area contributed by atoms with Gasteiger partial charge < -0.3 is 14.6 Å². The minimum Gasteiger partial charge on any atom is -0.506 e. The number of rotatable bonds is 5. The molecular formula is C26H27N5O2. The minimum absolute atomic E-state index is 0.0902. The molecule has 0 bridgehead atoms. The van der Waals surface area contributed by atoms with E-state index in [0.717, 1.165) is 43.8 Å². The maximum absolute atomic E-state index is 13.1. The molecule has 1 aliphatic heterocycles. The Kier molecular flexibility index (Phi) is 6.04. The van der Waals surface area contributed by atoms with Crippen LogP contribution in [0.15, 0.2) is 73.1 Å². The van der Waals surface area contributed by atoms with Crippen molar-refractivity contribution in [3.63, 3.8) is 0 Å². The van der Waals surface area contributed by atoms with E-state index in [0.29, 0.717) is 24.3 Å². The number of para-hydroxylation sites is 1. The fourth-order valence-electron chi connectivity index (χ4n) is 4.36. The number of pyridine rings is 1. The van der Waals surface area contributed by atoms with Crippen LogP contribution in [0.2, 0.25) is 0 Å². The van der Waals surface area contributed by atoms with Crippen molar-refractivity contribution in [3.8, 4) is 5.75 Å². The zero-order chi connectivity index (χ0) is 22.6. The van der Waals surface area contributed by atoms with Crippen LogP contribution in [0.5, 0.6) is 5.75 Å². The molecule has 3 heterocycles. The Morgan fingerprint density at radius 1 is 0.909 bits per heavy atom. The fraction of sp³-hybridized carbons (Fsp3) is 0.269. The Morgan fingerprint density at radius 2 is 1.79 bits per heavy atom. The number of imidazole rings is 1. The van der Waals surface area contributed by atoms with Gasteiger partial charge in [-0.2, -0.15) is 0 Å². The molecule has 1 N–H and O–H groups in total. The van der Waals surface area contributed by atoms with Gasteiger partial charge in [-0.15, -0.1) is 0 Å². The van der Waals surface area contributed by atoms with Gasteiger partial charge in [-0.25, -0.2) is 9.97 Å². The van der Waals surface area contributed by atoms with Gasteiger partial charge in [-0.05, 0) is 24.1 Å². The first-order valence-corrected chi connectivity index (χ1v) is 11.3. The second-order valence-electron chi connectivity index (χ2n) is 8.42. The summed E-state index contributed by atoms with van der Waals surface area (Å²) in [5.74, 6) is 1.04. The zero-order valence-electron chi connectivity index (χ0n) is 18.5. The van der Waals surface area contributed by atoms with Crippen LogP contribution >= 0.6 is 0 Å². The first kappa shape index (κ1) is 21.2. The molecule has 2 aromatic carbocycles. The van der Waals surface area contributed by atoms with E-state index in [1.165, 1.54) is 5.56 Å². The number of nitrogens with zero attached hydrogens (tertiary/aromatic N) is 5. The minimum atomic E-state index is -0.0902. The first-order chi connectivity index (χ1) is 16.2. The molecule has 0 atom stereocenters. The number of phenolic OH excluding ortho intramolecular Hbond substituents is 1. The van der Waals surface area contributed by atoms with Gasteiger partial charge in [0.05, 0.1) is 6.54 Å². The van der Waals surface area contributed by atoms with Crippen LogP contribution in [-0.2, 0) is 13.1 Å². The van der Waals surface area contributed by atoms with Gasteiger partial charge in [0.2, 0.25) is 0 Å². The molecule has 5 rings (SSSR count). The van der Waals surface area contributed by atoms with Gasteiger partial charge in [0, 0.05) is 50.5 Å². The number of phenols is 1. The molecule has 33 heavy (non-hydrogen) atoms. The highest BCUT2D eigenvalue weighted by atomic mass is 16.3. The summed E-state index contributed by atoms with van der Waals surface area (Å²) in [5, 5.41) is 10.9. The SMILES string of the molecule is O=C(c1ccc2cccc(O)c2n1)N1CCCN(Cc2nccn2Cc2ccccc2)CC1. The summed E-state index contributed by atoms with van der Waals surface area (Å²) >= 11 is 0. The molecule has 1 aliphatic rings. The van der Waals surface area contributed by atoms with Crippen molar-refractivity contribution in [2.75, 3.05) is 26.2 Å². The lowest BCUT2D eigenvalue weighted by Crippen LogP contribution is -2.35. The Labute approximate surface area is 192 Å². The monoisotopic (exact) mass is 441 g/mol. The number of carbonyl (C=O) groups is 1. The molecule has 0 unspecified atom stereocenters. The highest BCUT2D eigenvalue weighted by Crippen LogP contribution is 2.23. The third-order valence-electron chi connectivity index (χ3n) is 6.16. The average molecular weight is 442 g/mol. The number of carbonyl (C=O) groups excluding carboxylic acids is 1.